The zero-order valence-corrected chi connectivity index (χ0v) is 14.8. The van der Waals surface area contributed by atoms with Crippen molar-refractivity contribution in [3.8, 4) is 11.1 Å². The number of amides is 1. The highest BCUT2D eigenvalue weighted by atomic mass is 16.1. The monoisotopic (exact) mass is 325 g/mol. The van der Waals surface area contributed by atoms with E-state index in [4.69, 9.17) is 4.79 Å². The van der Waals surface area contributed by atoms with Crippen molar-refractivity contribution in [3.05, 3.63) is 53.6 Å². The number of likely N-dealkylation sites (N-methyl/N-ethyl adjacent to an activating group) is 1. The fourth-order valence-corrected chi connectivity index (χ4v) is 3.13. The normalized spacial score (nSPS) is 14.7. The maximum atomic E-state index is 8.58. The molecule has 0 unspecified atom stereocenters. The lowest BCUT2D eigenvalue weighted by Crippen LogP contribution is -2.44. The molecule has 0 saturated carbocycles. The van der Waals surface area contributed by atoms with Gasteiger partial charge in [0, 0.05) is 31.9 Å². The molecule has 1 aliphatic heterocycles. The Kier molecular flexibility index (Phi) is 6.38. The van der Waals surface area contributed by atoms with Crippen LogP contribution in [0.5, 0.6) is 0 Å². The van der Waals surface area contributed by atoms with Crippen molar-refractivity contribution in [2.24, 2.45) is 5.73 Å². The summed E-state index contributed by atoms with van der Waals surface area (Å²) in [6.07, 6.45) is 0.250. The first-order valence-corrected chi connectivity index (χ1v) is 8.33. The third kappa shape index (κ3) is 4.15. The quantitative estimate of drug-likeness (QED) is 0.864. The molecule has 0 aromatic heterocycles. The van der Waals surface area contributed by atoms with Gasteiger partial charge in [0.05, 0.1) is 0 Å². The maximum absolute atomic E-state index is 8.58. The van der Waals surface area contributed by atoms with Gasteiger partial charge in [-0.25, -0.2) is 0 Å². The van der Waals surface area contributed by atoms with Gasteiger partial charge in [-0.3, -0.25) is 4.79 Å². The molecule has 0 bridgehead atoms. The SMILES string of the molecule is Cc1c(-c2ccccc2)ccc(N2CCN(C)CC2)c1C.NC=O. The van der Waals surface area contributed by atoms with Crippen molar-refractivity contribution in [2.75, 3.05) is 38.1 Å². The standard InChI is InChI=1S/C19H24N2.CH3NO/c1-15-16(2)19(21-13-11-20(3)12-14-21)10-9-18(15)17-7-5-4-6-8-17;2-1-3/h4-10H,11-14H2,1-3H3;1H,(H2,2,3). The minimum absolute atomic E-state index is 0.250. The molecule has 1 fully saturated rings. The summed E-state index contributed by atoms with van der Waals surface area (Å²) in [6, 6.07) is 15.3. The van der Waals surface area contributed by atoms with E-state index in [-0.39, 0.29) is 6.41 Å². The molecule has 4 heteroatoms. The summed E-state index contributed by atoms with van der Waals surface area (Å²) in [5.74, 6) is 0. The predicted octanol–water partition coefficient (Wildman–Crippen LogP) is 2.82. The zero-order chi connectivity index (χ0) is 17.5. The fraction of sp³-hybridized carbons (Fsp3) is 0.350. The first kappa shape index (κ1) is 18.0. The maximum Gasteiger partial charge on any atom is 0.204 e. The van der Waals surface area contributed by atoms with Gasteiger partial charge < -0.3 is 15.5 Å². The molecular weight excluding hydrogens is 298 g/mol. The number of carbonyl (C=O) groups is 1. The Bertz CT molecular complexity index is 662. The number of nitrogens with two attached hydrogens (primary N) is 1. The molecule has 1 aliphatic rings. The average Bonchev–Trinajstić information content (AvgIpc) is 2.60. The molecule has 0 aliphatic carbocycles. The van der Waals surface area contributed by atoms with Crippen LogP contribution in [-0.4, -0.2) is 44.5 Å². The van der Waals surface area contributed by atoms with Crippen molar-refractivity contribution in [3.63, 3.8) is 0 Å². The lowest BCUT2D eigenvalue weighted by Gasteiger charge is -2.35. The number of primary amides is 1. The summed E-state index contributed by atoms with van der Waals surface area (Å²) < 4.78 is 0. The van der Waals surface area contributed by atoms with Gasteiger partial charge in [-0.2, -0.15) is 0 Å². The van der Waals surface area contributed by atoms with E-state index in [0.29, 0.717) is 0 Å². The number of piperazine rings is 1. The molecule has 2 N–H and O–H groups in total. The van der Waals surface area contributed by atoms with Crippen molar-refractivity contribution < 1.29 is 4.79 Å². The minimum atomic E-state index is 0.250. The van der Waals surface area contributed by atoms with Crippen molar-refractivity contribution in [2.45, 2.75) is 13.8 Å². The number of rotatable bonds is 2. The first-order chi connectivity index (χ1) is 11.6. The largest absolute Gasteiger partial charge is 0.372 e. The molecule has 1 amide bonds. The molecule has 1 heterocycles. The first-order valence-electron chi connectivity index (χ1n) is 8.33. The number of carbonyl (C=O) groups excluding carboxylic acids is 1. The van der Waals surface area contributed by atoms with Crippen molar-refractivity contribution in [1.29, 1.82) is 0 Å². The fourth-order valence-electron chi connectivity index (χ4n) is 3.13. The highest BCUT2D eigenvalue weighted by Crippen LogP contribution is 2.32. The third-order valence-electron chi connectivity index (χ3n) is 4.69. The number of anilines is 1. The second-order valence-electron chi connectivity index (χ2n) is 6.17. The zero-order valence-electron chi connectivity index (χ0n) is 14.8. The Morgan fingerprint density at radius 3 is 2.08 bits per heavy atom. The van der Waals surface area contributed by atoms with E-state index >= 15 is 0 Å². The summed E-state index contributed by atoms with van der Waals surface area (Å²) in [6.45, 7) is 9.06. The highest BCUT2D eigenvalue weighted by molar-refractivity contribution is 5.73. The Labute approximate surface area is 144 Å². The highest BCUT2D eigenvalue weighted by Gasteiger charge is 2.17. The Morgan fingerprint density at radius 2 is 1.50 bits per heavy atom. The number of hydrogen-bond acceptors (Lipinski definition) is 3. The molecule has 24 heavy (non-hydrogen) atoms. The molecule has 0 atom stereocenters. The van der Waals surface area contributed by atoms with E-state index < -0.39 is 0 Å². The van der Waals surface area contributed by atoms with E-state index in [2.05, 4.69) is 78.9 Å². The second kappa shape index (κ2) is 8.50. The van der Waals surface area contributed by atoms with Crippen LogP contribution in [0.4, 0.5) is 5.69 Å². The van der Waals surface area contributed by atoms with Gasteiger partial charge in [-0.05, 0) is 49.2 Å². The molecule has 2 aromatic carbocycles. The van der Waals surface area contributed by atoms with E-state index in [1.165, 1.54) is 27.9 Å². The van der Waals surface area contributed by atoms with E-state index in [1.54, 1.807) is 0 Å². The van der Waals surface area contributed by atoms with Gasteiger partial charge in [-0.15, -0.1) is 0 Å². The summed E-state index contributed by atoms with van der Waals surface area (Å²) in [4.78, 5) is 13.5. The van der Waals surface area contributed by atoms with Crippen LogP contribution >= 0.6 is 0 Å². The summed E-state index contributed by atoms with van der Waals surface area (Å²) >= 11 is 0. The average molecular weight is 325 g/mol. The van der Waals surface area contributed by atoms with Gasteiger partial charge in [0.1, 0.15) is 0 Å². The summed E-state index contributed by atoms with van der Waals surface area (Å²) in [7, 11) is 2.20. The molecule has 3 rings (SSSR count). The lowest BCUT2D eigenvalue weighted by molar-refractivity contribution is -0.106. The minimum Gasteiger partial charge on any atom is -0.372 e. The van der Waals surface area contributed by atoms with Crippen LogP contribution in [0.15, 0.2) is 42.5 Å². The van der Waals surface area contributed by atoms with Crippen LogP contribution in [-0.2, 0) is 4.79 Å². The number of hydrogen-bond donors (Lipinski definition) is 1. The smallest absolute Gasteiger partial charge is 0.204 e. The van der Waals surface area contributed by atoms with Gasteiger partial charge in [0.2, 0.25) is 6.41 Å². The van der Waals surface area contributed by atoms with Crippen LogP contribution in [0.2, 0.25) is 0 Å². The van der Waals surface area contributed by atoms with Crippen LogP contribution in [0.25, 0.3) is 11.1 Å². The topological polar surface area (TPSA) is 49.6 Å². The van der Waals surface area contributed by atoms with Crippen LogP contribution in [0.1, 0.15) is 11.1 Å². The molecule has 0 spiro atoms. The molecular formula is C20H27N3O. The molecule has 4 nitrogen and oxygen atoms in total. The Hall–Kier alpha value is -2.33. The van der Waals surface area contributed by atoms with E-state index in [0.717, 1.165) is 26.2 Å². The van der Waals surface area contributed by atoms with E-state index in [1.807, 2.05) is 0 Å². The van der Waals surface area contributed by atoms with Gasteiger partial charge in [-0.1, -0.05) is 36.4 Å². The lowest BCUT2D eigenvalue weighted by atomic mass is 9.95. The van der Waals surface area contributed by atoms with Crippen LogP contribution < -0.4 is 10.6 Å². The van der Waals surface area contributed by atoms with Crippen LogP contribution in [0, 0.1) is 13.8 Å². The third-order valence-corrected chi connectivity index (χ3v) is 4.69. The van der Waals surface area contributed by atoms with Crippen molar-refractivity contribution in [1.82, 2.24) is 4.90 Å². The van der Waals surface area contributed by atoms with Crippen LogP contribution in [0.3, 0.4) is 0 Å². The number of benzene rings is 2. The summed E-state index contributed by atoms with van der Waals surface area (Å²) in [5.41, 5.74) is 11.0. The summed E-state index contributed by atoms with van der Waals surface area (Å²) in [5, 5.41) is 0. The molecule has 128 valence electrons. The molecule has 1 saturated heterocycles. The van der Waals surface area contributed by atoms with Gasteiger partial charge in [0.15, 0.2) is 0 Å². The van der Waals surface area contributed by atoms with Crippen molar-refractivity contribution >= 4 is 12.1 Å². The Balaban J connectivity index is 0.000000647. The predicted molar refractivity (Wildman–Crippen MR) is 101 cm³/mol. The van der Waals surface area contributed by atoms with Gasteiger partial charge in [0.25, 0.3) is 0 Å². The van der Waals surface area contributed by atoms with Gasteiger partial charge >= 0.3 is 0 Å². The number of nitrogens with zero attached hydrogens (tertiary/aromatic N) is 2. The molecule has 0 radical (unpaired) electrons. The molecule has 2 aromatic rings. The van der Waals surface area contributed by atoms with E-state index in [9.17, 15) is 0 Å². The second-order valence-corrected chi connectivity index (χ2v) is 6.17. The Morgan fingerprint density at radius 1 is 0.917 bits per heavy atom.